The largest absolute Gasteiger partial charge is 0.369 e. The number of piperazine rings is 1. The van der Waals surface area contributed by atoms with Gasteiger partial charge in [-0.3, -0.25) is 0 Å². The summed E-state index contributed by atoms with van der Waals surface area (Å²) in [5.74, 6) is -0.461. The SMILES string of the molecule is Cc1cn2cc(NC(O)c3ccc(N4C[C@H](C)N[C@@H](C)C4)c4c3nnn4C)cc(F)c2n1. The molecule has 168 valence electrons. The normalized spacial score (nSPS) is 20.2. The van der Waals surface area contributed by atoms with E-state index in [1.54, 1.807) is 28.4 Å². The number of halogens is 1. The lowest BCUT2D eigenvalue weighted by Crippen LogP contribution is -2.54. The number of nitrogens with one attached hydrogen (secondary N) is 2. The molecule has 0 radical (unpaired) electrons. The Bertz CT molecular complexity index is 1290. The van der Waals surface area contributed by atoms with Crippen molar-refractivity contribution in [1.29, 1.82) is 0 Å². The summed E-state index contributed by atoms with van der Waals surface area (Å²) in [5, 5.41) is 26.0. The Kier molecular flexibility index (Phi) is 4.98. The molecule has 1 unspecified atom stereocenters. The molecule has 0 amide bonds. The second kappa shape index (κ2) is 7.72. The number of nitrogens with zero attached hydrogens (tertiary/aromatic N) is 6. The molecule has 1 aliphatic heterocycles. The highest BCUT2D eigenvalue weighted by Gasteiger charge is 2.26. The van der Waals surface area contributed by atoms with E-state index in [1.165, 1.54) is 6.07 Å². The van der Waals surface area contributed by atoms with E-state index in [2.05, 4.69) is 44.7 Å². The highest BCUT2D eigenvalue weighted by Crippen LogP contribution is 2.32. The lowest BCUT2D eigenvalue weighted by molar-refractivity contribution is 0.209. The summed E-state index contributed by atoms with van der Waals surface area (Å²) in [6.07, 6.45) is 2.35. The highest BCUT2D eigenvalue weighted by atomic mass is 19.1. The molecule has 0 saturated carbocycles. The van der Waals surface area contributed by atoms with Crippen LogP contribution in [0.1, 0.15) is 31.3 Å². The first-order valence-electron chi connectivity index (χ1n) is 10.7. The van der Waals surface area contributed by atoms with Gasteiger partial charge in [-0.05, 0) is 26.8 Å². The first-order chi connectivity index (χ1) is 15.3. The second-order valence-electron chi connectivity index (χ2n) is 8.69. The molecule has 32 heavy (non-hydrogen) atoms. The van der Waals surface area contributed by atoms with Crippen LogP contribution in [0.3, 0.4) is 0 Å². The Balaban J connectivity index is 1.49. The number of aromatic nitrogens is 5. The molecule has 4 aromatic rings. The third kappa shape index (κ3) is 3.55. The molecule has 1 aromatic carbocycles. The minimum atomic E-state index is -1.09. The summed E-state index contributed by atoms with van der Waals surface area (Å²) in [6, 6.07) is 5.91. The fourth-order valence-corrected chi connectivity index (χ4v) is 4.66. The van der Waals surface area contributed by atoms with E-state index in [0.29, 0.717) is 28.9 Å². The van der Waals surface area contributed by atoms with Gasteiger partial charge in [0, 0.05) is 56.2 Å². The first kappa shape index (κ1) is 20.7. The van der Waals surface area contributed by atoms with Crippen molar-refractivity contribution in [3.8, 4) is 0 Å². The highest BCUT2D eigenvalue weighted by molar-refractivity contribution is 5.91. The van der Waals surface area contributed by atoms with E-state index in [1.807, 2.05) is 19.2 Å². The minimum absolute atomic E-state index is 0.252. The quantitative estimate of drug-likeness (QED) is 0.421. The van der Waals surface area contributed by atoms with Gasteiger partial charge in [-0.25, -0.2) is 14.1 Å². The van der Waals surface area contributed by atoms with Crippen LogP contribution >= 0.6 is 0 Å². The summed E-state index contributed by atoms with van der Waals surface area (Å²) in [6.45, 7) is 7.88. The molecule has 0 aliphatic carbocycles. The van der Waals surface area contributed by atoms with Crippen LogP contribution in [-0.4, -0.2) is 54.7 Å². The molecule has 5 rings (SSSR count). The number of aryl methyl sites for hydroxylation is 2. The molecule has 0 bridgehead atoms. The maximum atomic E-state index is 14.4. The number of pyridine rings is 1. The lowest BCUT2D eigenvalue weighted by Gasteiger charge is -2.38. The van der Waals surface area contributed by atoms with Gasteiger partial charge in [-0.2, -0.15) is 0 Å². The van der Waals surface area contributed by atoms with Crippen LogP contribution in [0.5, 0.6) is 0 Å². The van der Waals surface area contributed by atoms with Crippen LogP contribution < -0.4 is 15.5 Å². The van der Waals surface area contributed by atoms with Crippen molar-refractivity contribution < 1.29 is 9.50 Å². The van der Waals surface area contributed by atoms with Crippen LogP contribution in [0.25, 0.3) is 16.7 Å². The maximum Gasteiger partial charge on any atom is 0.173 e. The van der Waals surface area contributed by atoms with Crippen molar-refractivity contribution in [3.63, 3.8) is 0 Å². The van der Waals surface area contributed by atoms with Gasteiger partial charge in [0.2, 0.25) is 0 Å². The van der Waals surface area contributed by atoms with E-state index in [4.69, 9.17) is 0 Å². The van der Waals surface area contributed by atoms with Gasteiger partial charge < -0.3 is 25.0 Å². The third-order valence-corrected chi connectivity index (χ3v) is 5.89. The van der Waals surface area contributed by atoms with Gasteiger partial charge in [0.15, 0.2) is 17.7 Å². The Morgan fingerprint density at radius 3 is 2.72 bits per heavy atom. The van der Waals surface area contributed by atoms with Crippen molar-refractivity contribution >= 4 is 28.1 Å². The Labute approximate surface area is 184 Å². The molecular weight excluding hydrogens is 411 g/mol. The van der Waals surface area contributed by atoms with E-state index < -0.39 is 12.0 Å². The number of rotatable bonds is 4. The predicted molar refractivity (Wildman–Crippen MR) is 121 cm³/mol. The third-order valence-electron chi connectivity index (χ3n) is 5.89. The molecule has 4 heterocycles. The standard InChI is InChI=1S/C22H27FN8O/c1-12-8-30(9-13(2)24-12)18-6-5-16(19-20(18)29(4)28-27-19)22(32)26-15-7-17(23)21-25-14(3)10-31(21)11-15/h5-7,10-13,22,24,26,32H,8-9H2,1-4H3/t12-,13-,22?/m0/s1. The fraction of sp³-hybridized carbons (Fsp3) is 0.409. The minimum Gasteiger partial charge on any atom is -0.369 e. The Morgan fingerprint density at radius 1 is 1.22 bits per heavy atom. The number of anilines is 2. The average molecular weight is 439 g/mol. The summed E-state index contributed by atoms with van der Waals surface area (Å²) in [5.41, 5.74) is 4.49. The topological polar surface area (TPSA) is 95.5 Å². The summed E-state index contributed by atoms with van der Waals surface area (Å²) in [4.78, 5) is 6.49. The van der Waals surface area contributed by atoms with Crippen LogP contribution in [-0.2, 0) is 7.05 Å². The summed E-state index contributed by atoms with van der Waals surface area (Å²) in [7, 11) is 1.85. The fourth-order valence-electron chi connectivity index (χ4n) is 4.66. The van der Waals surface area contributed by atoms with Gasteiger partial charge in [-0.1, -0.05) is 11.3 Å². The van der Waals surface area contributed by atoms with Gasteiger partial charge in [-0.15, -0.1) is 5.10 Å². The van der Waals surface area contributed by atoms with Crippen molar-refractivity contribution in [2.45, 2.75) is 39.1 Å². The Morgan fingerprint density at radius 2 is 1.97 bits per heavy atom. The predicted octanol–water partition coefficient (Wildman–Crippen LogP) is 2.35. The number of aliphatic hydroxyl groups is 1. The molecule has 3 atom stereocenters. The van der Waals surface area contributed by atoms with Crippen LogP contribution in [0.2, 0.25) is 0 Å². The molecular formula is C22H27FN8O. The van der Waals surface area contributed by atoms with E-state index >= 15 is 0 Å². The molecule has 10 heteroatoms. The molecule has 3 aromatic heterocycles. The van der Waals surface area contributed by atoms with Crippen molar-refractivity contribution in [2.75, 3.05) is 23.3 Å². The van der Waals surface area contributed by atoms with Gasteiger partial charge in [0.1, 0.15) is 11.0 Å². The molecule has 3 N–H and O–H groups in total. The second-order valence-corrected chi connectivity index (χ2v) is 8.69. The monoisotopic (exact) mass is 438 g/mol. The average Bonchev–Trinajstić information content (AvgIpc) is 3.29. The molecule has 1 aliphatic rings. The number of hydrogen-bond acceptors (Lipinski definition) is 7. The van der Waals surface area contributed by atoms with E-state index in [9.17, 15) is 9.50 Å². The zero-order valence-electron chi connectivity index (χ0n) is 18.5. The lowest BCUT2D eigenvalue weighted by atomic mass is 10.1. The number of benzene rings is 1. The molecule has 1 saturated heterocycles. The molecule has 0 spiro atoms. The molecule has 9 nitrogen and oxygen atoms in total. The van der Waals surface area contributed by atoms with Crippen LogP contribution in [0, 0.1) is 12.7 Å². The zero-order valence-corrected chi connectivity index (χ0v) is 18.5. The van der Waals surface area contributed by atoms with Crippen LogP contribution in [0.4, 0.5) is 15.8 Å². The number of aliphatic hydroxyl groups excluding tert-OH is 1. The van der Waals surface area contributed by atoms with E-state index in [-0.39, 0.29) is 5.65 Å². The number of hydrogen-bond donors (Lipinski definition) is 3. The van der Waals surface area contributed by atoms with Crippen molar-refractivity contribution in [1.82, 2.24) is 29.7 Å². The Hall–Kier alpha value is -3.24. The van der Waals surface area contributed by atoms with Gasteiger partial charge >= 0.3 is 0 Å². The summed E-state index contributed by atoms with van der Waals surface area (Å²) < 4.78 is 17.8. The molecule has 1 fully saturated rings. The van der Waals surface area contributed by atoms with Gasteiger partial charge in [0.05, 0.1) is 17.1 Å². The number of imidazole rings is 1. The van der Waals surface area contributed by atoms with E-state index in [0.717, 1.165) is 30.0 Å². The van der Waals surface area contributed by atoms with Crippen molar-refractivity contribution in [2.24, 2.45) is 7.05 Å². The maximum absolute atomic E-state index is 14.4. The van der Waals surface area contributed by atoms with Gasteiger partial charge in [0.25, 0.3) is 0 Å². The number of fused-ring (bicyclic) bond motifs is 2. The first-order valence-corrected chi connectivity index (χ1v) is 10.7. The summed E-state index contributed by atoms with van der Waals surface area (Å²) >= 11 is 0. The van der Waals surface area contributed by atoms with Crippen LogP contribution in [0.15, 0.2) is 30.6 Å². The van der Waals surface area contributed by atoms with Crippen molar-refractivity contribution in [3.05, 3.63) is 47.7 Å². The smallest absolute Gasteiger partial charge is 0.173 e. The zero-order chi connectivity index (χ0) is 22.6.